The summed E-state index contributed by atoms with van der Waals surface area (Å²) in [5.41, 5.74) is 3.81. The van der Waals surface area contributed by atoms with Gasteiger partial charge in [0.25, 0.3) is 0 Å². The molecule has 0 bridgehead atoms. The molecule has 0 aliphatic heterocycles. The summed E-state index contributed by atoms with van der Waals surface area (Å²) >= 11 is 0. The van der Waals surface area contributed by atoms with Crippen LogP contribution in [-0.4, -0.2) is 0 Å². The molecular weight excluding hydrogens is 144 g/mol. The van der Waals surface area contributed by atoms with Gasteiger partial charge in [-0.05, 0) is 37.5 Å². The Hall–Kier alpha value is -0.260. The molecule has 3 rings (SSSR count). The van der Waals surface area contributed by atoms with Crippen molar-refractivity contribution in [1.29, 1.82) is 0 Å². The van der Waals surface area contributed by atoms with Crippen molar-refractivity contribution in [1.82, 2.24) is 0 Å². The fraction of sp³-hybridized carbons (Fsp3) is 0.833. The van der Waals surface area contributed by atoms with E-state index in [1.807, 2.05) is 11.1 Å². The van der Waals surface area contributed by atoms with Gasteiger partial charge >= 0.3 is 0 Å². The molecule has 3 saturated carbocycles. The van der Waals surface area contributed by atoms with Crippen LogP contribution in [-0.2, 0) is 0 Å². The van der Waals surface area contributed by atoms with E-state index in [0.717, 1.165) is 11.8 Å². The molecule has 0 heterocycles. The molecule has 66 valence electrons. The molecule has 2 unspecified atom stereocenters. The highest BCUT2D eigenvalue weighted by Crippen LogP contribution is 2.58. The number of allylic oxidation sites excluding steroid dienone is 2. The summed E-state index contributed by atoms with van der Waals surface area (Å²) < 4.78 is 0. The van der Waals surface area contributed by atoms with E-state index < -0.39 is 0 Å². The van der Waals surface area contributed by atoms with Gasteiger partial charge in [0.15, 0.2) is 0 Å². The van der Waals surface area contributed by atoms with Crippen LogP contribution >= 0.6 is 0 Å². The average molecular weight is 162 g/mol. The molecular formula is C12H18. The fourth-order valence-corrected chi connectivity index (χ4v) is 3.05. The summed E-state index contributed by atoms with van der Waals surface area (Å²) in [4.78, 5) is 0. The van der Waals surface area contributed by atoms with Gasteiger partial charge in [-0.1, -0.05) is 36.8 Å². The molecule has 0 radical (unpaired) electrons. The molecule has 0 aromatic rings. The highest BCUT2D eigenvalue weighted by Gasteiger charge is 2.46. The second kappa shape index (κ2) is 2.61. The molecule has 3 aliphatic rings. The molecule has 0 heteroatoms. The normalized spacial score (nSPS) is 40.0. The third kappa shape index (κ3) is 1.12. The monoisotopic (exact) mass is 162 g/mol. The third-order valence-corrected chi connectivity index (χ3v) is 3.86. The van der Waals surface area contributed by atoms with Crippen molar-refractivity contribution in [3.8, 4) is 0 Å². The molecule has 0 nitrogen and oxygen atoms in total. The van der Waals surface area contributed by atoms with E-state index in [0.29, 0.717) is 0 Å². The van der Waals surface area contributed by atoms with Crippen LogP contribution in [0.5, 0.6) is 0 Å². The molecule has 0 aromatic heterocycles. The van der Waals surface area contributed by atoms with Crippen LogP contribution in [0.3, 0.4) is 0 Å². The van der Waals surface area contributed by atoms with E-state index in [2.05, 4.69) is 0 Å². The number of fused-ring (bicyclic) bond motifs is 1. The largest absolute Gasteiger partial charge is 0.0698 e. The smallest absolute Gasteiger partial charge is 0.0132 e. The number of hydrogen-bond acceptors (Lipinski definition) is 0. The lowest BCUT2D eigenvalue weighted by Gasteiger charge is -2.04. The molecule has 0 aromatic carbocycles. The Morgan fingerprint density at radius 3 is 1.83 bits per heavy atom. The van der Waals surface area contributed by atoms with Crippen LogP contribution in [0.2, 0.25) is 0 Å². The zero-order valence-corrected chi connectivity index (χ0v) is 7.81. The Bertz CT molecular complexity index is 202. The van der Waals surface area contributed by atoms with Crippen LogP contribution in [0.15, 0.2) is 11.1 Å². The van der Waals surface area contributed by atoms with Crippen molar-refractivity contribution < 1.29 is 0 Å². The molecule has 0 saturated heterocycles. The standard InChI is InChI=1S/C12H18/c1-2-4-6-11-10(5-3-1)12(11)9-7-8-9/h10-11H,1-8H2. The van der Waals surface area contributed by atoms with Gasteiger partial charge in [0, 0.05) is 0 Å². The summed E-state index contributed by atoms with van der Waals surface area (Å²) in [6, 6.07) is 0. The average Bonchev–Trinajstić information content (AvgIpc) is 2.82. The SMILES string of the molecule is C1CCCC2C(=C3CC3)C2CC1. The van der Waals surface area contributed by atoms with E-state index in [1.54, 1.807) is 0 Å². The molecule has 0 spiro atoms. The Labute approximate surface area is 75.0 Å². The van der Waals surface area contributed by atoms with Gasteiger partial charge in [0.05, 0.1) is 0 Å². The zero-order chi connectivity index (χ0) is 7.97. The number of hydrogen-bond donors (Lipinski definition) is 0. The second-order valence-electron chi connectivity index (χ2n) is 4.76. The minimum atomic E-state index is 1.09. The van der Waals surface area contributed by atoms with E-state index in [4.69, 9.17) is 0 Å². The van der Waals surface area contributed by atoms with Crippen molar-refractivity contribution in [3.63, 3.8) is 0 Å². The van der Waals surface area contributed by atoms with Gasteiger partial charge in [-0.15, -0.1) is 0 Å². The molecule has 0 amide bonds. The minimum absolute atomic E-state index is 1.09. The topological polar surface area (TPSA) is 0 Å². The first-order chi connectivity index (χ1) is 5.97. The molecule has 2 atom stereocenters. The summed E-state index contributed by atoms with van der Waals surface area (Å²) in [5.74, 6) is 2.17. The van der Waals surface area contributed by atoms with Gasteiger partial charge in [-0.2, -0.15) is 0 Å². The molecule has 3 aliphatic carbocycles. The molecule has 0 N–H and O–H groups in total. The van der Waals surface area contributed by atoms with Gasteiger partial charge in [-0.25, -0.2) is 0 Å². The van der Waals surface area contributed by atoms with E-state index in [9.17, 15) is 0 Å². The minimum Gasteiger partial charge on any atom is -0.0698 e. The van der Waals surface area contributed by atoms with E-state index in [1.165, 1.54) is 51.4 Å². The van der Waals surface area contributed by atoms with E-state index in [-0.39, 0.29) is 0 Å². The first kappa shape index (κ1) is 7.17. The van der Waals surface area contributed by atoms with Crippen LogP contribution in [0, 0.1) is 11.8 Å². The lowest BCUT2D eigenvalue weighted by Crippen LogP contribution is -1.90. The Morgan fingerprint density at radius 1 is 0.750 bits per heavy atom. The Balaban J connectivity index is 1.73. The maximum Gasteiger partial charge on any atom is -0.0132 e. The lowest BCUT2D eigenvalue weighted by molar-refractivity contribution is 0.485. The van der Waals surface area contributed by atoms with Crippen LogP contribution in [0.4, 0.5) is 0 Å². The van der Waals surface area contributed by atoms with Crippen LogP contribution in [0.25, 0.3) is 0 Å². The van der Waals surface area contributed by atoms with Crippen molar-refractivity contribution in [2.75, 3.05) is 0 Å². The van der Waals surface area contributed by atoms with Crippen molar-refractivity contribution >= 4 is 0 Å². The fourth-order valence-electron chi connectivity index (χ4n) is 3.05. The molecule has 12 heavy (non-hydrogen) atoms. The summed E-state index contributed by atoms with van der Waals surface area (Å²) in [6.07, 6.45) is 12.0. The van der Waals surface area contributed by atoms with Gasteiger partial charge < -0.3 is 0 Å². The third-order valence-electron chi connectivity index (χ3n) is 3.86. The first-order valence-corrected chi connectivity index (χ1v) is 5.68. The summed E-state index contributed by atoms with van der Waals surface area (Å²) in [7, 11) is 0. The summed E-state index contributed by atoms with van der Waals surface area (Å²) in [5, 5.41) is 0. The quantitative estimate of drug-likeness (QED) is 0.477. The Kier molecular flexibility index (Phi) is 1.56. The number of rotatable bonds is 0. The van der Waals surface area contributed by atoms with Crippen molar-refractivity contribution in [2.45, 2.75) is 51.4 Å². The van der Waals surface area contributed by atoms with E-state index >= 15 is 0 Å². The maximum atomic E-state index is 1.94. The predicted molar refractivity (Wildman–Crippen MR) is 50.9 cm³/mol. The highest BCUT2D eigenvalue weighted by molar-refractivity contribution is 5.40. The van der Waals surface area contributed by atoms with Crippen LogP contribution in [0.1, 0.15) is 51.4 Å². The first-order valence-electron chi connectivity index (χ1n) is 5.68. The maximum absolute atomic E-state index is 1.94. The van der Waals surface area contributed by atoms with Gasteiger partial charge in [-0.3, -0.25) is 0 Å². The predicted octanol–water partition coefficient (Wildman–Crippen LogP) is 3.68. The Morgan fingerprint density at radius 2 is 1.33 bits per heavy atom. The van der Waals surface area contributed by atoms with Crippen molar-refractivity contribution in [2.24, 2.45) is 11.8 Å². The second-order valence-corrected chi connectivity index (χ2v) is 4.76. The zero-order valence-electron chi connectivity index (χ0n) is 7.81. The lowest BCUT2D eigenvalue weighted by atomic mass is 10.0. The van der Waals surface area contributed by atoms with Gasteiger partial charge in [0.1, 0.15) is 0 Å². The van der Waals surface area contributed by atoms with Gasteiger partial charge in [0.2, 0.25) is 0 Å². The highest BCUT2D eigenvalue weighted by atomic mass is 14.5. The van der Waals surface area contributed by atoms with Crippen LogP contribution < -0.4 is 0 Å². The van der Waals surface area contributed by atoms with Crippen molar-refractivity contribution in [3.05, 3.63) is 11.1 Å². The molecule has 3 fully saturated rings. The summed E-state index contributed by atoms with van der Waals surface area (Å²) in [6.45, 7) is 0.